The Balaban J connectivity index is 1.33. The Morgan fingerprint density at radius 3 is 2.16 bits per heavy atom. The number of fused-ring (bicyclic) bond motifs is 1. The minimum Gasteiger partial charge on any atom is -0.497 e. The van der Waals surface area contributed by atoms with Crippen LogP contribution < -0.4 is 9.47 Å². The van der Waals surface area contributed by atoms with Gasteiger partial charge in [0.2, 0.25) is 0 Å². The van der Waals surface area contributed by atoms with Crippen molar-refractivity contribution in [3.05, 3.63) is 108 Å². The lowest BCUT2D eigenvalue weighted by molar-refractivity contribution is -0.0931. The molecular weight excluding hydrogens is 572 g/mol. The molecule has 1 N–H and O–H groups in total. The Kier molecular flexibility index (Phi) is 8.74. The van der Waals surface area contributed by atoms with Crippen LogP contribution >= 0.6 is 0 Å². The van der Waals surface area contributed by atoms with Crippen molar-refractivity contribution >= 4 is 23.5 Å². The highest BCUT2D eigenvalue weighted by Gasteiger charge is 2.42. The third-order valence-corrected chi connectivity index (χ3v) is 7.86. The van der Waals surface area contributed by atoms with Crippen molar-refractivity contribution in [2.45, 2.75) is 30.5 Å². The first-order valence-electron chi connectivity index (χ1n) is 14.6. The molecule has 0 spiro atoms. The monoisotopic (exact) mass is 608 g/mol. The van der Waals surface area contributed by atoms with Crippen molar-refractivity contribution in [1.82, 2.24) is 24.4 Å². The van der Waals surface area contributed by atoms with Crippen LogP contribution in [0.25, 0.3) is 11.2 Å². The van der Waals surface area contributed by atoms with E-state index in [4.69, 9.17) is 18.9 Å². The third kappa shape index (κ3) is 6.10. The van der Waals surface area contributed by atoms with Crippen molar-refractivity contribution in [1.29, 1.82) is 0 Å². The normalized spacial score (nSPS) is 18.5. The average Bonchev–Trinajstić information content (AvgIpc) is 3.67. The number of rotatable bonds is 11. The fourth-order valence-corrected chi connectivity index (χ4v) is 5.58. The van der Waals surface area contributed by atoms with Crippen LogP contribution in [0.3, 0.4) is 0 Å². The first-order chi connectivity index (χ1) is 21.9. The molecule has 0 radical (unpaired) electrons. The summed E-state index contributed by atoms with van der Waals surface area (Å²) in [7, 11) is 7.03. The van der Waals surface area contributed by atoms with E-state index in [0.29, 0.717) is 23.5 Å². The molecule has 0 aliphatic carbocycles. The summed E-state index contributed by atoms with van der Waals surface area (Å²) in [6, 6.07) is 25.7. The molecule has 0 saturated carbocycles. The molecule has 11 nitrogen and oxygen atoms in total. The van der Waals surface area contributed by atoms with Crippen LogP contribution in [0.2, 0.25) is 0 Å². The van der Waals surface area contributed by atoms with Crippen LogP contribution in [-0.4, -0.2) is 83.0 Å². The molecule has 3 aromatic carbocycles. The van der Waals surface area contributed by atoms with Gasteiger partial charge in [-0.15, -0.1) is 0 Å². The smallest absolute Gasteiger partial charge is 0.252 e. The van der Waals surface area contributed by atoms with Gasteiger partial charge in [-0.2, -0.15) is 4.98 Å². The number of hydrogen-bond donors (Lipinski definition) is 1. The van der Waals surface area contributed by atoms with Crippen molar-refractivity contribution in [3.8, 4) is 11.5 Å². The highest BCUT2D eigenvalue weighted by Crippen LogP contribution is 2.43. The van der Waals surface area contributed by atoms with Crippen LogP contribution in [0, 0.1) is 0 Å². The molecule has 11 heteroatoms. The zero-order valence-corrected chi connectivity index (χ0v) is 25.6. The van der Waals surface area contributed by atoms with Gasteiger partial charge in [0, 0.05) is 20.5 Å². The number of aromatic nitrogens is 4. The topological polar surface area (TPSA) is 116 Å². The van der Waals surface area contributed by atoms with E-state index < -0.39 is 24.0 Å². The molecule has 0 amide bonds. The minimum atomic E-state index is -1.03. The Labute approximate surface area is 261 Å². The number of nitrogens with zero attached hydrogens (tertiary/aromatic N) is 6. The van der Waals surface area contributed by atoms with Gasteiger partial charge < -0.3 is 29.0 Å². The zero-order chi connectivity index (χ0) is 31.4. The fraction of sp³-hybridized carbons (Fsp3) is 0.294. The predicted molar refractivity (Wildman–Crippen MR) is 170 cm³/mol. The highest BCUT2D eigenvalue weighted by atomic mass is 16.6. The van der Waals surface area contributed by atoms with Crippen LogP contribution in [0.15, 0.2) is 96.4 Å². The summed E-state index contributed by atoms with van der Waals surface area (Å²) >= 11 is 0. The second kappa shape index (κ2) is 13.0. The molecule has 232 valence electrons. The first-order valence-corrected chi connectivity index (χ1v) is 14.6. The first kappa shape index (κ1) is 30.2. The summed E-state index contributed by atoms with van der Waals surface area (Å²) in [6.07, 6.45) is 3.33. The number of ether oxygens (including phenoxy) is 4. The summed E-state index contributed by atoms with van der Waals surface area (Å²) < 4.78 is 26.1. The molecule has 1 aliphatic heterocycles. The van der Waals surface area contributed by atoms with E-state index in [1.54, 1.807) is 38.0 Å². The molecule has 0 bridgehead atoms. The van der Waals surface area contributed by atoms with Crippen LogP contribution in [0.5, 0.6) is 11.5 Å². The number of hydrogen-bond acceptors (Lipinski definition) is 9. The highest BCUT2D eigenvalue weighted by molar-refractivity contribution is 5.71. The van der Waals surface area contributed by atoms with E-state index in [1.165, 1.54) is 0 Å². The van der Waals surface area contributed by atoms with E-state index in [1.807, 2.05) is 97.5 Å². The van der Waals surface area contributed by atoms with Gasteiger partial charge in [-0.25, -0.2) is 15.0 Å². The van der Waals surface area contributed by atoms with Crippen LogP contribution in [-0.2, 0) is 15.1 Å². The summed E-state index contributed by atoms with van der Waals surface area (Å²) in [5.74, 6) is 1.78. The number of aliphatic hydroxyl groups excluding tert-OH is 1. The summed E-state index contributed by atoms with van der Waals surface area (Å²) in [5, 5.41) is 11.2. The molecule has 1 aliphatic rings. The summed E-state index contributed by atoms with van der Waals surface area (Å²) in [5.41, 5.74) is 2.87. The molecular formula is C34H36N6O5. The Hall–Kier alpha value is -4.84. The van der Waals surface area contributed by atoms with Crippen LogP contribution in [0.1, 0.15) is 29.3 Å². The Morgan fingerprint density at radius 1 is 0.933 bits per heavy atom. The van der Waals surface area contributed by atoms with Gasteiger partial charge in [-0.1, -0.05) is 54.6 Å². The maximum absolute atomic E-state index is 11.2. The molecule has 3 heterocycles. The molecule has 1 fully saturated rings. The number of aliphatic imine (C=N–C) groups is 1. The van der Waals surface area contributed by atoms with Gasteiger partial charge in [0.25, 0.3) is 5.95 Å². The standard InChI is InChI=1S/C34H36N6O5/c1-39(2)21-37-33-35-19-28-32(38-33)40(22-36-28)31-18-29(41)30(45-31)20-44-34(23-8-6-5-7-9-23,24-10-14-26(42-3)15-11-24)25-12-16-27(43-4)17-13-25/h5-17,19,21-22,29-31,41H,18,20H2,1-4H3/t29-,30+,31+/m0/s1. The lowest BCUT2D eigenvalue weighted by atomic mass is 9.80. The SMILES string of the molecule is COc1ccc(C(OC[C@H]2O[C@@H](n3cnc4cnc(N=CN(C)C)nc43)C[C@@H]2O)(c2ccccc2)c2ccc(OC)cc2)cc1. The average molecular weight is 609 g/mol. The molecule has 3 atom stereocenters. The summed E-state index contributed by atoms with van der Waals surface area (Å²) in [4.78, 5) is 19.4. The van der Waals surface area contributed by atoms with Crippen molar-refractivity contribution in [2.75, 3.05) is 34.9 Å². The molecule has 45 heavy (non-hydrogen) atoms. The van der Waals surface area contributed by atoms with Gasteiger partial charge in [-0.05, 0) is 41.0 Å². The zero-order valence-electron chi connectivity index (χ0n) is 25.6. The van der Waals surface area contributed by atoms with Crippen molar-refractivity contribution in [2.24, 2.45) is 4.99 Å². The number of aliphatic hydroxyl groups is 1. The maximum Gasteiger partial charge on any atom is 0.252 e. The van der Waals surface area contributed by atoms with Gasteiger partial charge in [0.1, 0.15) is 34.9 Å². The van der Waals surface area contributed by atoms with Crippen molar-refractivity contribution in [3.63, 3.8) is 0 Å². The number of methoxy groups -OCH3 is 2. The number of imidazole rings is 1. The molecule has 6 rings (SSSR count). The minimum absolute atomic E-state index is 0.102. The van der Waals surface area contributed by atoms with Gasteiger partial charge in [0.05, 0.1) is 45.8 Å². The van der Waals surface area contributed by atoms with Crippen LogP contribution in [0.4, 0.5) is 5.95 Å². The lowest BCUT2D eigenvalue weighted by Crippen LogP contribution is -2.38. The van der Waals surface area contributed by atoms with E-state index in [0.717, 1.165) is 28.2 Å². The molecule has 1 saturated heterocycles. The quantitative estimate of drug-likeness (QED) is 0.129. The van der Waals surface area contributed by atoms with E-state index in [9.17, 15) is 5.11 Å². The number of benzene rings is 3. The fourth-order valence-electron chi connectivity index (χ4n) is 5.58. The molecule has 5 aromatic rings. The van der Waals surface area contributed by atoms with E-state index in [-0.39, 0.29) is 6.61 Å². The largest absolute Gasteiger partial charge is 0.497 e. The van der Waals surface area contributed by atoms with E-state index >= 15 is 0 Å². The Bertz CT molecular complexity index is 1690. The Morgan fingerprint density at radius 2 is 1.56 bits per heavy atom. The predicted octanol–water partition coefficient (Wildman–Crippen LogP) is 4.72. The van der Waals surface area contributed by atoms with Gasteiger partial charge >= 0.3 is 0 Å². The van der Waals surface area contributed by atoms with Gasteiger partial charge in [-0.3, -0.25) is 4.57 Å². The second-order valence-electron chi connectivity index (χ2n) is 11.0. The van der Waals surface area contributed by atoms with Gasteiger partial charge in [0.15, 0.2) is 5.65 Å². The second-order valence-corrected chi connectivity index (χ2v) is 11.0. The molecule has 0 unspecified atom stereocenters. The van der Waals surface area contributed by atoms with Crippen molar-refractivity contribution < 1.29 is 24.1 Å². The van der Waals surface area contributed by atoms with E-state index in [2.05, 4.69) is 19.9 Å². The molecule has 2 aromatic heterocycles. The third-order valence-electron chi connectivity index (χ3n) is 7.86. The summed E-state index contributed by atoms with van der Waals surface area (Å²) in [6.45, 7) is 0.102. The lowest BCUT2D eigenvalue weighted by Gasteiger charge is -2.37. The maximum atomic E-state index is 11.2.